The second-order valence-corrected chi connectivity index (χ2v) is 4.21. The van der Waals surface area contributed by atoms with E-state index in [4.69, 9.17) is 0 Å². The summed E-state index contributed by atoms with van der Waals surface area (Å²) in [6, 6.07) is 8.56. The van der Waals surface area contributed by atoms with Crippen molar-refractivity contribution in [3.63, 3.8) is 0 Å². The van der Waals surface area contributed by atoms with Gasteiger partial charge in [-0.25, -0.2) is 0 Å². The number of rotatable bonds is 3. The smallest absolute Gasteiger partial charge is 0.0997 e. The van der Waals surface area contributed by atoms with E-state index < -0.39 is 0 Å². The molecule has 0 aliphatic rings. The molecule has 0 atom stereocenters. The molecule has 0 heterocycles. The quantitative estimate of drug-likeness (QED) is 0.682. The lowest BCUT2D eigenvalue weighted by Gasteiger charge is -2.09. The summed E-state index contributed by atoms with van der Waals surface area (Å²) in [7, 11) is 0. The Morgan fingerprint density at radius 1 is 1.41 bits per heavy atom. The number of nitrogens with zero attached hydrogens (tertiary/aromatic N) is 1. The summed E-state index contributed by atoms with van der Waals surface area (Å²) in [4.78, 5) is 0. The first-order chi connectivity index (χ1) is 8.13. The van der Waals surface area contributed by atoms with E-state index in [1.807, 2.05) is 26.0 Å². The van der Waals surface area contributed by atoms with Crippen LogP contribution in [0.5, 0.6) is 0 Å². The van der Waals surface area contributed by atoms with Crippen LogP contribution in [0, 0.1) is 18.3 Å². The van der Waals surface area contributed by atoms with Crippen molar-refractivity contribution in [2.24, 2.45) is 0 Å². The van der Waals surface area contributed by atoms with E-state index in [0.717, 1.165) is 28.7 Å². The molecule has 0 aliphatic heterocycles. The second-order valence-electron chi connectivity index (χ2n) is 4.21. The fraction of sp³-hybridized carbons (Fsp3) is 0.312. The molecule has 0 radical (unpaired) electrons. The molecular weight excluding hydrogens is 206 g/mol. The van der Waals surface area contributed by atoms with Crippen LogP contribution in [0.2, 0.25) is 0 Å². The van der Waals surface area contributed by atoms with Crippen molar-refractivity contribution in [2.75, 3.05) is 0 Å². The fourth-order valence-electron chi connectivity index (χ4n) is 1.79. The maximum absolute atomic E-state index is 9.31. The molecule has 0 unspecified atom stereocenters. The standard InChI is InChI=1S/C16H19N/c1-5-7-14-10-12(3)8-9-15(14)16(11-17)13(4)6-2/h5,7-10H,6H2,1-4H3. The first kappa shape index (κ1) is 13.3. The molecule has 17 heavy (non-hydrogen) atoms. The van der Waals surface area contributed by atoms with Crippen molar-refractivity contribution >= 4 is 11.6 Å². The van der Waals surface area contributed by atoms with Crippen molar-refractivity contribution in [1.29, 1.82) is 5.26 Å². The van der Waals surface area contributed by atoms with E-state index in [1.165, 1.54) is 5.56 Å². The van der Waals surface area contributed by atoms with Gasteiger partial charge in [-0.15, -0.1) is 0 Å². The van der Waals surface area contributed by atoms with Crippen molar-refractivity contribution in [2.45, 2.75) is 34.1 Å². The maximum atomic E-state index is 9.31. The lowest BCUT2D eigenvalue weighted by molar-refractivity contribution is 1.10. The highest BCUT2D eigenvalue weighted by molar-refractivity contribution is 5.84. The summed E-state index contributed by atoms with van der Waals surface area (Å²) >= 11 is 0. The lowest BCUT2D eigenvalue weighted by atomic mass is 9.94. The molecule has 1 rings (SSSR count). The third-order valence-corrected chi connectivity index (χ3v) is 2.89. The van der Waals surface area contributed by atoms with Crippen molar-refractivity contribution in [3.8, 4) is 6.07 Å². The predicted molar refractivity (Wildman–Crippen MR) is 74.4 cm³/mol. The Balaban J connectivity index is 3.45. The molecule has 0 aromatic heterocycles. The van der Waals surface area contributed by atoms with Crippen LogP contribution in [0.25, 0.3) is 11.6 Å². The monoisotopic (exact) mass is 225 g/mol. The van der Waals surface area contributed by atoms with E-state index >= 15 is 0 Å². The van der Waals surface area contributed by atoms with Crippen LogP contribution in [-0.2, 0) is 0 Å². The molecule has 1 heteroatoms. The Labute approximate surface area is 104 Å². The van der Waals surface area contributed by atoms with Gasteiger partial charge in [0.2, 0.25) is 0 Å². The minimum absolute atomic E-state index is 0.806. The van der Waals surface area contributed by atoms with Gasteiger partial charge in [-0.05, 0) is 38.3 Å². The van der Waals surface area contributed by atoms with E-state index in [9.17, 15) is 5.26 Å². The van der Waals surface area contributed by atoms with Crippen molar-refractivity contribution in [3.05, 3.63) is 46.5 Å². The van der Waals surface area contributed by atoms with E-state index in [-0.39, 0.29) is 0 Å². The number of nitriles is 1. The molecule has 0 fully saturated rings. The molecular formula is C16H19N. The van der Waals surface area contributed by atoms with Gasteiger partial charge >= 0.3 is 0 Å². The SMILES string of the molecule is CC=Cc1cc(C)ccc1C(C#N)=C(C)CC. The summed E-state index contributed by atoms with van der Waals surface area (Å²) in [5.41, 5.74) is 5.32. The molecule has 0 aliphatic carbocycles. The molecule has 1 nitrogen and oxygen atoms in total. The average molecular weight is 225 g/mol. The molecule has 88 valence electrons. The topological polar surface area (TPSA) is 23.8 Å². The Morgan fingerprint density at radius 3 is 2.65 bits per heavy atom. The van der Waals surface area contributed by atoms with Crippen LogP contribution < -0.4 is 0 Å². The third-order valence-electron chi connectivity index (χ3n) is 2.89. The molecule has 1 aromatic carbocycles. The van der Waals surface area contributed by atoms with Crippen LogP contribution >= 0.6 is 0 Å². The van der Waals surface area contributed by atoms with Gasteiger partial charge in [-0.3, -0.25) is 0 Å². The zero-order valence-electron chi connectivity index (χ0n) is 11.0. The fourth-order valence-corrected chi connectivity index (χ4v) is 1.79. The van der Waals surface area contributed by atoms with Gasteiger partial charge in [0, 0.05) is 0 Å². The first-order valence-electron chi connectivity index (χ1n) is 5.97. The largest absolute Gasteiger partial charge is 0.192 e. The van der Waals surface area contributed by atoms with Crippen LogP contribution in [-0.4, -0.2) is 0 Å². The van der Waals surface area contributed by atoms with E-state index in [1.54, 1.807) is 0 Å². The summed E-state index contributed by atoms with van der Waals surface area (Å²) in [6.45, 7) is 8.17. The normalized spacial score (nSPS) is 12.4. The van der Waals surface area contributed by atoms with Crippen molar-refractivity contribution < 1.29 is 0 Å². The zero-order valence-corrected chi connectivity index (χ0v) is 11.0. The molecule has 0 saturated heterocycles. The van der Waals surface area contributed by atoms with Crippen LogP contribution in [0.15, 0.2) is 29.8 Å². The molecule has 0 bridgehead atoms. The number of hydrogen-bond acceptors (Lipinski definition) is 1. The van der Waals surface area contributed by atoms with Crippen LogP contribution in [0.3, 0.4) is 0 Å². The minimum atomic E-state index is 0.806. The first-order valence-corrected chi connectivity index (χ1v) is 5.97. The Kier molecular flexibility index (Phi) is 4.72. The van der Waals surface area contributed by atoms with Crippen molar-refractivity contribution in [1.82, 2.24) is 0 Å². The third kappa shape index (κ3) is 3.07. The molecule has 0 saturated carbocycles. The highest BCUT2D eigenvalue weighted by Gasteiger charge is 2.08. The van der Waals surface area contributed by atoms with Gasteiger partial charge in [-0.2, -0.15) is 5.26 Å². The Morgan fingerprint density at radius 2 is 2.12 bits per heavy atom. The highest BCUT2D eigenvalue weighted by Crippen LogP contribution is 2.25. The molecule has 0 spiro atoms. The minimum Gasteiger partial charge on any atom is -0.192 e. The summed E-state index contributed by atoms with van der Waals surface area (Å²) in [5, 5.41) is 9.31. The molecule has 0 amide bonds. The Bertz CT molecular complexity index is 499. The highest BCUT2D eigenvalue weighted by atomic mass is 14.3. The zero-order chi connectivity index (χ0) is 12.8. The lowest BCUT2D eigenvalue weighted by Crippen LogP contribution is -1.91. The Hall–Kier alpha value is -1.81. The number of hydrogen-bond donors (Lipinski definition) is 0. The van der Waals surface area contributed by atoms with Gasteiger partial charge < -0.3 is 0 Å². The molecule has 1 aromatic rings. The van der Waals surface area contributed by atoms with Gasteiger partial charge in [-0.1, -0.05) is 48.4 Å². The van der Waals surface area contributed by atoms with E-state index in [0.29, 0.717) is 0 Å². The summed E-state index contributed by atoms with van der Waals surface area (Å²) < 4.78 is 0. The summed E-state index contributed by atoms with van der Waals surface area (Å²) in [6.07, 6.45) is 4.98. The van der Waals surface area contributed by atoms with Crippen LogP contribution in [0.4, 0.5) is 0 Å². The number of allylic oxidation sites excluding steroid dienone is 3. The summed E-state index contributed by atoms with van der Waals surface area (Å²) in [5.74, 6) is 0. The molecule has 0 N–H and O–H groups in total. The predicted octanol–water partition coefficient (Wildman–Crippen LogP) is 4.74. The second kappa shape index (κ2) is 6.06. The van der Waals surface area contributed by atoms with Gasteiger partial charge in [0.25, 0.3) is 0 Å². The average Bonchev–Trinajstić information content (AvgIpc) is 2.32. The maximum Gasteiger partial charge on any atom is 0.0997 e. The number of aryl methyl sites for hydroxylation is 1. The number of benzene rings is 1. The van der Waals surface area contributed by atoms with Gasteiger partial charge in [0.05, 0.1) is 11.6 Å². The van der Waals surface area contributed by atoms with Gasteiger partial charge in [0.1, 0.15) is 0 Å². The van der Waals surface area contributed by atoms with Crippen LogP contribution in [0.1, 0.15) is 43.9 Å². The van der Waals surface area contributed by atoms with Gasteiger partial charge in [0.15, 0.2) is 0 Å². The van der Waals surface area contributed by atoms with E-state index in [2.05, 4.69) is 38.1 Å².